The van der Waals surface area contributed by atoms with Gasteiger partial charge >= 0.3 is 0 Å². The summed E-state index contributed by atoms with van der Waals surface area (Å²) >= 11 is 0. The summed E-state index contributed by atoms with van der Waals surface area (Å²) < 4.78 is 0. The molecule has 4 nitrogen and oxygen atoms in total. The molecule has 21 heavy (non-hydrogen) atoms. The van der Waals surface area contributed by atoms with E-state index >= 15 is 0 Å². The molecule has 4 heteroatoms. The van der Waals surface area contributed by atoms with Crippen molar-refractivity contribution in [3.05, 3.63) is 47.8 Å². The van der Waals surface area contributed by atoms with Gasteiger partial charge < -0.3 is 10.6 Å². The molecule has 1 heterocycles. The van der Waals surface area contributed by atoms with E-state index in [1.165, 1.54) is 11.1 Å². The number of hydrogen-bond donors (Lipinski definition) is 2. The predicted molar refractivity (Wildman–Crippen MR) is 88.7 cm³/mol. The van der Waals surface area contributed by atoms with Gasteiger partial charge in [-0.15, -0.1) is 0 Å². The Bertz CT molecular complexity index is 549. The van der Waals surface area contributed by atoms with E-state index in [0.717, 1.165) is 31.1 Å². The molecular formula is C17H24N4. The van der Waals surface area contributed by atoms with E-state index in [-0.39, 0.29) is 0 Å². The number of hydrogen-bond acceptors (Lipinski definition) is 4. The van der Waals surface area contributed by atoms with Crippen molar-refractivity contribution in [3.63, 3.8) is 0 Å². The zero-order chi connectivity index (χ0) is 15.1. The standard InChI is InChI=1S/C17H24N4/c1-4-9-18-16-10-17(21-12-20-16)19-11-14-5-7-15(8-6-14)13(2)3/h5-8,10,12-13H,4,9,11H2,1-3H3,(H2,18,19,20,21). The Kier molecular flexibility index (Phi) is 5.55. The normalized spacial score (nSPS) is 10.7. The summed E-state index contributed by atoms with van der Waals surface area (Å²) in [6.45, 7) is 8.24. The molecule has 0 spiro atoms. The summed E-state index contributed by atoms with van der Waals surface area (Å²) in [7, 11) is 0. The Labute approximate surface area is 127 Å². The molecule has 2 rings (SSSR count). The second-order valence-corrected chi connectivity index (χ2v) is 5.47. The fourth-order valence-electron chi connectivity index (χ4n) is 2.02. The van der Waals surface area contributed by atoms with E-state index in [2.05, 4.69) is 65.6 Å². The first-order valence-corrected chi connectivity index (χ1v) is 7.57. The van der Waals surface area contributed by atoms with Gasteiger partial charge in [0.15, 0.2) is 0 Å². The van der Waals surface area contributed by atoms with Crippen molar-refractivity contribution in [3.8, 4) is 0 Å². The number of nitrogens with one attached hydrogen (secondary N) is 2. The first-order chi connectivity index (χ1) is 10.2. The quantitative estimate of drug-likeness (QED) is 0.806. The number of nitrogens with zero attached hydrogens (tertiary/aromatic N) is 2. The number of rotatable bonds is 7. The third kappa shape index (κ3) is 4.74. The van der Waals surface area contributed by atoms with Crippen LogP contribution in [0.25, 0.3) is 0 Å². The molecule has 0 bridgehead atoms. The van der Waals surface area contributed by atoms with Gasteiger partial charge in [0.2, 0.25) is 0 Å². The van der Waals surface area contributed by atoms with Crippen molar-refractivity contribution in [1.29, 1.82) is 0 Å². The molecule has 0 aliphatic rings. The third-order valence-electron chi connectivity index (χ3n) is 3.34. The van der Waals surface area contributed by atoms with E-state index in [9.17, 15) is 0 Å². The molecule has 0 amide bonds. The van der Waals surface area contributed by atoms with Crippen LogP contribution in [0.3, 0.4) is 0 Å². The van der Waals surface area contributed by atoms with Crippen molar-refractivity contribution in [1.82, 2.24) is 9.97 Å². The summed E-state index contributed by atoms with van der Waals surface area (Å²) in [5.74, 6) is 2.28. The highest BCUT2D eigenvalue weighted by Gasteiger charge is 2.01. The van der Waals surface area contributed by atoms with Gasteiger partial charge in [-0.1, -0.05) is 45.0 Å². The molecule has 0 saturated carbocycles. The lowest BCUT2D eigenvalue weighted by Crippen LogP contribution is -2.05. The molecule has 0 aliphatic heterocycles. The second-order valence-electron chi connectivity index (χ2n) is 5.47. The maximum Gasteiger partial charge on any atom is 0.131 e. The van der Waals surface area contributed by atoms with Crippen molar-refractivity contribution in [2.24, 2.45) is 0 Å². The van der Waals surface area contributed by atoms with E-state index in [1.54, 1.807) is 6.33 Å². The average Bonchev–Trinajstić information content (AvgIpc) is 2.52. The van der Waals surface area contributed by atoms with Crippen molar-refractivity contribution in [2.75, 3.05) is 17.2 Å². The second kappa shape index (κ2) is 7.62. The number of benzene rings is 1. The van der Waals surface area contributed by atoms with Crippen molar-refractivity contribution < 1.29 is 0 Å². The minimum absolute atomic E-state index is 0.570. The monoisotopic (exact) mass is 284 g/mol. The van der Waals surface area contributed by atoms with Gasteiger partial charge in [0.25, 0.3) is 0 Å². The SMILES string of the molecule is CCCNc1cc(NCc2ccc(C(C)C)cc2)ncn1. The fraction of sp³-hybridized carbons (Fsp3) is 0.412. The van der Waals surface area contributed by atoms with Crippen molar-refractivity contribution in [2.45, 2.75) is 39.7 Å². The smallest absolute Gasteiger partial charge is 0.131 e. The van der Waals surface area contributed by atoms with Crippen LogP contribution in [0, 0.1) is 0 Å². The van der Waals surface area contributed by atoms with Gasteiger partial charge in [0, 0.05) is 19.2 Å². The largest absolute Gasteiger partial charge is 0.370 e. The van der Waals surface area contributed by atoms with Gasteiger partial charge in [-0.2, -0.15) is 0 Å². The molecule has 0 atom stereocenters. The van der Waals surface area contributed by atoms with Crippen LogP contribution in [0.5, 0.6) is 0 Å². The van der Waals surface area contributed by atoms with Gasteiger partial charge in [-0.25, -0.2) is 9.97 Å². The van der Waals surface area contributed by atoms with Crippen LogP contribution in [0.15, 0.2) is 36.7 Å². The summed E-state index contributed by atoms with van der Waals surface area (Å²) in [4.78, 5) is 8.45. The Morgan fingerprint density at radius 2 is 1.67 bits per heavy atom. The summed E-state index contributed by atoms with van der Waals surface area (Å²) in [6.07, 6.45) is 2.66. The molecule has 0 aliphatic carbocycles. The van der Waals surface area contributed by atoms with Gasteiger partial charge in [-0.3, -0.25) is 0 Å². The zero-order valence-electron chi connectivity index (χ0n) is 13.1. The third-order valence-corrected chi connectivity index (χ3v) is 3.34. The Morgan fingerprint density at radius 3 is 2.29 bits per heavy atom. The van der Waals surface area contributed by atoms with Crippen LogP contribution < -0.4 is 10.6 Å². The molecule has 1 aromatic heterocycles. The number of aromatic nitrogens is 2. The highest BCUT2D eigenvalue weighted by atomic mass is 15.1. The van der Waals surface area contributed by atoms with Crippen LogP contribution in [0.1, 0.15) is 44.2 Å². The molecule has 2 N–H and O–H groups in total. The first kappa shape index (κ1) is 15.3. The van der Waals surface area contributed by atoms with E-state index in [1.807, 2.05) is 6.07 Å². The van der Waals surface area contributed by atoms with Crippen molar-refractivity contribution >= 4 is 11.6 Å². The molecule has 0 unspecified atom stereocenters. The lowest BCUT2D eigenvalue weighted by atomic mass is 10.0. The first-order valence-electron chi connectivity index (χ1n) is 7.57. The summed E-state index contributed by atoms with van der Waals surface area (Å²) in [5, 5.41) is 6.60. The maximum absolute atomic E-state index is 4.25. The van der Waals surface area contributed by atoms with Crippen LogP contribution in [-0.2, 0) is 6.54 Å². The van der Waals surface area contributed by atoms with E-state index in [0.29, 0.717) is 5.92 Å². The molecule has 2 aromatic rings. The minimum Gasteiger partial charge on any atom is -0.370 e. The van der Waals surface area contributed by atoms with Gasteiger partial charge in [-0.05, 0) is 23.5 Å². The molecule has 0 saturated heterocycles. The summed E-state index contributed by atoms with van der Waals surface area (Å²) in [5.41, 5.74) is 2.62. The van der Waals surface area contributed by atoms with Gasteiger partial charge in [0.05, 0.1) is 0 Å². The molecular weight excluding hydrogens is 260 g/mol. The zero-order valence-corrected chi connectivity index (χ0v) is 13.1. The highest BCUT2D eigenvalue weighted by Crippen LogP contribution is 2.15. The van der Waals surface area contributed by atoms with Crippen LogP contribution in [0.2, 0.25) is 0 Å². The lowest BCUT2D eigenvalue weighted by molar-refractivity contribution is 0.865. The Morgan fingerprint density at radius 1 is 1.00 bits per heavy atom. The van der Waals surface area contributed by atoms with Crippen LogP contribution in [-0.4, -0.2) is 16.5 Å². The average molecular weight is 284 g/mol. The van der Waals surface area contributed by atoms with E-state index < -0.39 is 0 Å². The Hall–Kier alpha value is -2.10. The van der Waals surface area contributed by atoms with Crippen LogP contribution >= 0.6 is 0 Å². The lowest BCUT2D eigenvalue weighted by Gasteiger charge is -2.09. The van der Waals surface area contributed by atoms with Crippen LogP contribution in [0.4, 0.5) is 11.6 Å². The predicted octanol–water partition coefficient (Wildman–Crippen LogP) is 4.03. The molecule has 1 aromatic carbocycles. The van der Waals surface area contributed by atoms with E-state index in [4.69, 9.17) is 0 Å². The number of anilines is 2. The fourth-order valence-corrected chi connectivity index (χ4v) is 2.02. The Balaban J connectivity index is 1.93. The topological polar surface area (TPSA) is 49.8 Å². The highest BCUT2D eigenvalue weighted by molar-refractivity contribution is 5.46. The summed E-state index contributed by atoms with van der Waals surface area (Å²) in [6, 6.07) is 10.7. The molecule has 0 fully saturated rings. The minimum atomic E-state index is 0.570. The molecule has 0 radical (unpaired) electrons. The molecule has 112 valence electrons. The maximum atomic E-state index is 4.25. The van der Waals surface area contributed by atoms with Gasteiger partial charge in [0.1, 0.15) is 18.0 Å².